The Kier molecular flexibility index (Phi) is 6.34. The molecular weight excluding hydrogens is 399 g/mol. The Labute approximate surface area is 179 Å². The van der Waals surface area contributed by atoms with E-state index in [4.69, 9.17) is 4.74 Å². The first kappa shape index (κ1) is 22.0. The van der Waals surface area contributed by atoms with Crippen molar-refractivity contribution in [3.63, 3.8) is 0 Å². The summed E-state index contributed by atoms with van der Waals surface area (Å²) in [7, 11) is 0. The van der Waals surface area contributed by atoms with Crippen LogP contribution in [0.15, 0.2) is 42.5 Å². The van der Waals surface area contributed by atoms with Crippen molar-refractivity contribution in [2.75, 3.05) is 11.9 Å². The fourth-order valence-electron chi connectivity index (χ4n) is 3.23. The van der Waals surface area contributed by atoms with Crippen LogP contribution in [0.5, 0.6) is 0 Å². The van der Waals surface area contributed by atoms with Crippen LogP contribution in [0.3, 0.4) is 0 Å². The van der Waals surface area contributed by atoms with E-state index in [0.29, 0.717) is 22.4 Å². The first-order valence-corrected chi connectivity index (χ1v) is 9.81. The van der Waals surface area contributed by atoms with Crippen molar-refractivity contribution in [3.8, 4) is 11.1 Å². The van der Waals surface area contributed by atoms with Gasteiger partial charge < -0.3 is 15.0 Å². The van der Waals surface area contributed by atoms with Gasteiger partial charge in [0.05, 0.1) is 12.2 Å². The Bertz CT molecular complexity index is 1160. The van der Waals surface area contributed by atoms with Gasteiger partial charge in [-0.3, -0.25) is 9.59 Å². The van der Waals surface area contributed by atoms with Crippen LogP contribution in [0, 0.1) is 26.6 Å². The summed E-state index contributed by atoms with van der Waals surface area (Å²) in [5.41, 5.74) is 3.05. The number of halogens is 1. The van der Waals surface area contributed by atoms with Crippen molar-refractivity contribution in [1.29, 1.82) is 0 Å². The second-order valence-electron chi connectivity index (χ2n) is 7.21. The fraction of sp³-hybridized carbons (Fsp3) is 0.208. The fourth-order valence-corrected chi connectivity index (χ4v) is 3.23. The van der Waals surface area contributed by atoms with E-state index in [-0.39, 0.29) is 23.6 Å². The van der Waals surface area contributed by atoms with Crippen molar-refractivity contribution < 1.29 is 23.5 Å². The molecule has 0 unspecified atom stereocenters. The predicted molar refractivity (Wildman–Crippen MR) is 116 cm³/mol. The number of carbonyl (C=O) groups excluding carboxylic acids is 3. The lowest BCUT2D eigenvalue weighted by atomic mass is 9.97. The number of rotatable bonds is 6. The summed E-state index contributed by atoms with van der Waals surface area (Å²) < 4.78 is 19.0. The third-order valence-electron chi connectivity index (χ3n) is 4.87. The molecule has 3 aromatic rings. The molecular formula is C24H23FN2O4. The van der Waals surface area contributed by atoms with Crippen LogP contribution in [0.1, 0.15) is 44.6 Å². The summed E-state index contributed by atoms with van der Waals surface area (Å²) in [5.74, 6) is -2.92. The summed E-state index contributed by atoms with van der Waals surface area (Å²) in [4.78, 5) is 41.1. The van der Waals surface area contributed by atoms with E-state index in [0.717, 1.165) is 11.6 Å². The number of amides is 1. The minimum absolute atomic E-state index is 0.0329. The molecule has 2 aromatic carbocycles. The SMILES string of the molecule is CCOC(=O)c1c(C)[nH]c(C(=O)C(=O)Nc2ccc(C)c(F)c2)c1-c1ccc(C)cc1. The maximum absolute atomic E-state index is 13.8. The molecule has 0 fully saturated rings. The van der Waals surface area contributed by atoms with Crippen LogP contribution in [-0.2, 0) is 9.53 Å². The first-order chi connectivity index (χ1) is 14.7. The lowest BCUT2D eigenvalue weighted by Gasteiger charge is -2.09. The highest BCUT2D eigenvalue weighted by molar-refractivity contribution is 6.47. The van der Waals surface area contributed by atoms with Gasteiger partial charge in [0, 0.05) is 16.9 Å². The Morgan fingerprint density at radius 3 is 2.32 bits per heavy atom. The number of benzene rings is 2. The van der Waals surface area contributed by atoms with Crippen molar-refractivity contribution >= 4 is 23.3 Å². The van der Waals surface area contributed by atoms with E-state index in [9.17, 15) is 18.8 Å². The minimum Gasteiger partial charge on any atom is -0.462 e. The number of Topliss-reactive ketones (excluding diaryl/α,β-unsaturated/α-hetero) is 1. The minimum atomic E-state index is -0.951. The van der Waals surface area contributed by atoms with Crippen LogP contribution in [-0.4, -0.2) is 29.3 Å². The zero-order valence-electron chi connectivity index (χ0n) is 17.8. The second-order valence-corrected chi connectivity index (χ2v) is 7.21. The molecule has 3 rings (SSSR count). The average molecular weight is 422 g/mol. The summed E-state index contributed by atoms with van der Waals surface area (Å²) in [6, 6.07) is 11.4. The number of aromatic amines is 1. The average Bonchev–Trinajstić information content (AvgIpc) is 3.08. The first-order valence-electron chi connectivity index (χ1n) is 9.81. The number of hydrogen-bond donors (Lipinski definition) is 2. The molecule has 0 spiro atoms. The number of nitrogens with one attached hydrogen (secondary N) is 2. The quantitative estimate of drug-likeness (QED) is 0.341. The van der Waals surface area contributed by atoms with Crippen molar-refractivity contribution in [2.24, 2.45) is 0 Å². The third kappa shape index (κ3) is 4.55. The predicted octanol–water partition coefficient (Wildman–Crippen LogP) is 4.74. The number of aryl methyl sites for hydroxylation is 3. The molecule has 0 aliphatic rings. The standard InChI is InChI=1S/C24H23FN2O4/c1-5-31-24(30)19-15(4)26-21(20(19)16-9-6-13(2)7-10-16)22(28)23(29)27-17-11-8-14(3)18(25)12-17/h6-12,26H,5H2,1-4H3,(H,27,29). The molecule has 7 heteroatoms. The van der Waals surface area contributed by atoms with Gasteiger partial charge in [-0.25, -0.2) is 9.18 Å². The Morgan fingerprint density at radius 1 is 1.03 bits per heavy atom. The molecule has 0 bridgehead atoms. The molecule has 0 atom stereocenters. The second kappa shape index (κ2) is 8.95. The molecule has 0 saturated carbocycles. The number of carbonyl (C=O) groups is 3. The largest absolute Gasteiger partial charge is 0.462 e. The van der Waals surface area contributed by atoms with Crippen LogP contribution in [0.2, 0.25) is 0 Å². The number of ether oxygens (including phenoxy) is 1. The maximum Gasteiger partial charge on any atom is 0.340 e. The molecule has 0 aliphatic carbocycles. The van der Waals surface area contributed by atoms with Gasteiger partial charge in [-0.2, -0.15) is 0 Å². The number of esters is 1. The lowest BCUT2D eigenvalue weighted by molar-refractivity contribution is -0.112. The van der Waals surface area contributed by atoms with Crippen molar-refractivity contribution in [3.05, 3.63) is 76.4 Å². The van der Waals surface area contributed by atoms with Crippen LogP contribution in [0.4, 0.5) is 10.1 Å². The van der Waals surface area contributed by atoms with Gasteiger partial charge in [0.1, 0.15) is 11.5 Å². The summed E-state index contributed by atoms with van der Waals surface area (Å²) in [6.07, 6.45) is 0. The Morgan fingerprint density at radius 2 is 1.71 bits per heavy atom. The van der Waals surface area contributed by atoms with Crippen LogP contribution < -0.4 is 5.32 Å². The number of H-pyrrole nitrogens is 1. The van der Waals surface area contributed by atoms with Gasteiger partial charge >= 0.3 is 5.97 Å². The number of anilines is 1. The lowest BCUT2D eigenvalue weighted by Crippen LogP contribution is -2.24. The third-order valence-corrected chi connectivity index (χ3v) is 4.87. The smallest absolute Gasteiger partial charge is 0.340 e. The van der Waals surface area contributed by atoms with E-state index < -0.39 is 23.5 Å². The van der Waals surface area contributed by atoms with E-state index in [1.165, 1.54) is 12.1 Å². The summed E-state index contributed by atoms with van der Waals surface area (Å²) in [5, 5.41) is 2.41. The Balaban J connectivity index is 2.04. The van der Waals surface area contributed by atoms with Crippen LogP contribution >= 0.6 is 0 Å². The molecule has 6 nitrogen and oxygen atoms in total. The van der Waals surface area contributed by atoms with Gasteiger partial charge in [0.2, 0.25) is 0 Å². The van der Waals surface area contributed by atoms with Gasteiger partial charge in [0.25, 0.3) is 11.7 Å². The molecule has 1 amide bonds. The van der Waals surface area contributed by atoms with Crippen molar-refractivity contribution in [1.82, 2.24) is 4.98 Å². The molecule has 160 valence electrons. The molecule has 1 heterocycles. The summed E-state index contributed by atoms with van der Waals surface area (Å²) in [6.45, 7) is 7.00. The number of aromatic nitrogens is 1. The summed E-state index contributed by atoms with van der Waals surface area (Å²) >= 11 is 0. The van der Waals surface area contributed by atoms with Gasteiger partial charge in [-0.1, -0.05) is 35.9 Å². The highest BCUT2D eigenvalue weighted by Gasteiger charge is 2.29. The molecule has 0 radical (unpaired) electrons. The molecule has 1 aromatic heterocycles. The molecule has 0 saturated heterocycles. The number of hydrogen-bond acceptors (Lipinski definition) is 4. The van der Waals surface area contributed by atoms with E-state index in [1.54, 1.807) is 32.9 Å². The topological polar surface area (TPSA) is 88.3 Å². The highest BCUT2D eigenvalue weighted by Crippen LogP contribution is 2.32. The normalized spacial score (nSPS) is 10.6. The molecule has 0 aliphatic heterocycles. The van der Waals surface area contributed by atoms with E-state index >= 15 is 0 Å². The molecule has 31 heavy (non-hydrogen) atoms. The highest BCUT2D eigenvalue weighted by atomic mass is 19.1. The van der Waals surface area contributed by atoms with Gasteiger partial charge in [-0.05, 0) is 51.0 Å². The Hall–Kier alpha value is -3.74. The zero-order valence-corrected chi connectivity index (χ0v) is 17.8. The monoisotopic (exact) mass is 422 g/mol. The maximum atomic E-state index is 13.8. The van der Waals surface area contributed by atoms with Gasteiger partial charge in [-0.15, -0.1) is 0 Å². The van der Waals surface area contributed by atoms with Crippen molar-refractivity contribution in [2.45, 2.75) is 27.7 Å². The molecule has 2 N–H and O–H groups in total. The van der Waals surface area contributed by atoms with Gasteiger partial charge in [0.15, 0.2) is 0 Å². The van der Waals surface area contributed by atoms with Crippen LogP contribution in [0.25, 0.3) is 11.1 Å². The van der Waals surface area contributed by atoms with E-state index in [1.807, 2.05) is 19.1 Å². The van der Waals surface area contributed by atoms with E-state index in [2.05, 4.69) is 10.3 Å². The number of ketones is 1. The zero-order chi connectivity index (χ0) is 22.7.